The zero-order valence-electron chi connectivity index (χ0n) is 13.3. The summed E-state index contributed by atoms with van der Waals surface area (Å²) in [5, 5.41) is 3.67. The van der Waals surface area contributed by atoms with Crippen LogP contribution in [0.15, 0.2) is 24.3 Å². The fourth-order valence-corrected chi connectivity index (χ4v) is 3.54. The first kappa shape index (κ1) is 15.0. The van der Waals surface area contributed by atoms with Crippen LogP contribution >= 0.6 is 0 Å². The van der Waals surface area contributed by atoms with Crippen molar-refractivity contribution in [1.82, 2.24) is 10.2 Å². The van der Waals surface area contributed by atoms with E-state index in [1.807, 2.05) is 0 Å². The summed E-state index contributed by atoms with van der Waals surface area (Å²) >= 11 is 0. The number of rotatable bonds is 4. The van der Waals surface area contributed by atoms with Crippen molar-refractivity contribution in [3.8, 4) is 0 Å². The Morgan fingerprint density at radius 2 is 2.24 bits per heavy atom. The molecule has 3 nitrogen and oxygen atoms in total. The van der Waals surface area contributed by atoms with Crippen LogP contribution in [-0.2, 0) is 11.2 Å². The third-order valence-corrected chi connectivity index (χ3v) is 5.14. The Hall–Kier alpha value is -0.900. The molecule has 3 heteroatoms. The number of hydrogen-bond donors (Lipinski definition) is 1. The Bertz CT molecular complexity index is 462. The van der Waals surface area contributed by atoms with Gasteiger partial charge in [-0.05, 0) is 23.5 Å². The molecule has 3 rings (SSSR count). The maximum absolute atomic E-state index is 6.07. The van der Waals surface area contributed by atoms with Crippen LogP contribution in [0, 0.1) is 5.92 Å². The smallest absolute Gasteiger partial charge is 0.0954 e. The molecule has 1 saturated heterocycles. The maximum Gasteiger partial charge on any atom is 0.0954 e. The SMILES string of the molecule is CCC(C)C1CN(CC2OCCc3ccccc32)CCN1. The molecule has 2 aliphatic heterocycles. The van der Waals surface area contributed by atoms with E-state index >= 15 is 0 Å². The zero-order valence-corrected chi connectivity index (χ0v) is 13.3. The van der Waals surface area contributed by atoms with E-state index in [4.69, 9.17) is 4.74 Å². The first-order valence-corrected chi connectivity index (χ1v) is 8.43. The van der Waals surface area contributed by atoms with Gasteiger partial charge in [0, 0.05) is 32.2 Å². The first-order chi connectivity index (χ1) is 10.3. The maximum atomic E-state index is 6.07. The highest BCUT2D eigenvalue weighted by atomic mass is 16.5. The zero-order chi connectivity index (χ0) is 14.7. The summed E-state index contributed by atoms with van der Waals surface area (Å²) in [7, 11) is 0. The molecule has 2 aliphatic rings. The van der Waals surface area contributed by atoms with Gasteiger partial charge in [-0.3, -0.25) is 4.90 Å². The van der Waals surface area contributed by atoms with Crippen molar-refractivity contribution in [2.24, 2.45) is 5.92 Å². The van der Waals surface area contributed by atoms with E-state index in [-0.39, 0.29) is 6.10 Å². The molecule has 0 saturated carbocycles. The lowest BCUT2D eigenvalue weighted by Gasteiger charge is -2.39. The summed E-state index contributed by atoms with van der Waals surface area (Å²) in [4.78, 5) is 2.58. The van der Waals surface area contributed by atoms with Gasteiger partial charge in [0.1, 0.15) is 0 Å². The third kappa shape index (κ3) is 3.47. The Morgan fingerprint density at radius 1 is 1.38 bits per heavy atom. The highest BCUT2D eigenvalue weighted by molar-refractivity contribution is 5.31. The van der Waals surface area contributed by atoms with Crippen LogP contribution in [0.2, 0.25) is 0 Å². The van der Waals surface area contributed by atoms with Crippen molar-refractivity contribution in [3.05, 3.63) is 35.4 Å². The van der Waals surface area contributed by atoms with Gasteiger partial charge in [0.15, 0.2) is 0 Å². The van der Waals surface area contributed by atoms with E-state index in [2.05, 4.69) is 48.3 Å². The number of hydrogen-bond acceptors (Lipinski definition) is 3. The second kappa shape index (κ2) is 6.91. The molecule has 21 heavy (non-hydrogen) atoms. The van der Waals surface area contributed by atoms with E-state index in [1.54, 1.807) is 0 Å². The quantitative estimate of drug-likeness (QED) is 0.922. The van der Waals surface area contributed by atoms with E-state index < -0.39 is 0 Å². The molecule has 1 N–H and O–H groups in total. The summed E-state index contributed by atoms with van der Waals surface area (Å²) in [5.74, 6) is 0.743. The second-order valence-corrected chi connectivity index (χ2v) is 6.51. The number of nitrogens with zero attached hydrogens (tertiary/aromatic N) is 1. The Morgan fingerprint density at radius 3 is 3.10 bits per heavy atom. The molecule has 116 valence electrons. The third-order valence-electron chi connectivity index (χ3n) is 5.14. The second-order valence-electron chi connectivity index (χ2n) is 6.51. The summed E-state index contributed by atoms with van der Waals surface area (Å²) < 4.78 is 6.07. The van der Waals surface area contributed by atoms with Crippen molar-refractivity contribution in [2.75, 3.05) is 32.8 Å². The molecule has 0 aromatic heterocycles. The number of piperazine rings is 1. The molecule has 0 radical (unpaired) electrons. The first-order valence-electron chi connectivity index (χ1n) is 8.43. The lowest BCUT2D eigenvalue weighted by atomic mass is 9.95. The molecule has 0 spiro atoms. The normalized spacial score (nSPS) is 28.1. The Balaban J connectivity index is 1.64. The fraction of sp³-hybridized carbons (Fsp3) is 0.667. The lowest BCUT2D eigenvalue weighted by Crippen LogP contribution is -2.54. The Labute approximate surface area is 128 Å². The lowest BCUT2D eigenvalue weighted by molar-refractivity contribution is 0.00779. The highest BCUT2D eigenvalue weighted by Crippen LogP contribution is 2.28. The van der Waals surface area contributed by atoms with E-state index in [9.17, 15) is 0 Å². The predicted octanol–water partition coefficient (Wildman–Crippen LogP) is 2.62. The molecule has 0 amide bonds. The standard InChI is InChI=1S/C18H28N2O/c1-3-14(2)17-12-20(10-9-19-17)13-18-16-7-5-4-6-15(16)8-11-21-18/h4-7,14,17-19H,3,8-13H2,1-2H3. The predicted molar refractivity (Wildman–Crippen MR) is 86.5 cm³/mol. The van der Waals surface area contributed by atoms with Gasteiger partial charge in [-0.2, -0.15) is 0 Å². The van der Waals surface area contributed by atoms with Gasteiger partial charge >= 0.3 is 0 Å². The molecule has 0 bridgehead atoms. The molecule has 2 heterocycles. The molecular formula is C18H28N2O. The summed E-state index contributed by atoms with van der Waals surface area (Å²) in [6.07, 6.45) is 2.56. The van der Waals surface area contributed by atoms with Crippen LogP contribution in [0.25, 0.3) is 0 Å². The van der Waals surface area contributed by atoms with Crippen LogP contribution < -0.4 is 5.32 Å². The summed E-state index contributed by atoms with van der Waals surface area (Å²) in [6.45, 7) is 9.92. The van der Waals surface area contributed by atoms with E-state index in [0.29, 0.717) is 6.04 Å². The van der Waals surface area contributed by atoms with Crippen molar-refractivity contribution < 1.29 is 4.74 Å². The van der Waals surface area contributed by atoms with Crippen LogP contribution in [0.1, 0.15) is 37.5 Å². The van der Waals surface area contributed by atoms with Crippen LogP contribution in [0.5, 0.6) is 0 Å². The monoisotopic (exact) mass is 288 g/mol. The van der Waals surface area contributed by atoms with Crippen molar-refractivity contribution in [1.29, 1.82) is 0 Å². The van der Waals surface area contributed by atoms with E-state index in [0.717, 1.165) is 45.1 Å². The molecule has 1 fully saturated rings. The largest absolute Gasteiger partial charge is 0.372 e. The molecule has 3 atom stereocenters. The van der Waals surface area contributed by atoms with Gasteiger partial charge in [0.25, 0.3) is 0 Å². The fourth-order valence-electron chi connectivity index (χ4n) is 3.54. The number of fused-ring (bicyclic) bond motifs is 1. The van der Waals surface area contributed by atoms with Crippen LogP contribution in [0.3, 0.4) is 0 Å². The van der Waals surface area contributed by atoms with Gasteiger partial charge in [0.05, 0.1) is 12.7 Å². The van der Waals surface area contributed by atoms with Crippen LogP contribution in [0.4, 0.5) is 0 Å². The minimum Gasteiger partial charge on any atom is -0.372 e. The molecule has 1 aromatic rings. The average molecular weight is 288 g/mol. The average Bonchev–Trinajstić information content (AvgIpc) is 2.55. The Kier molecular flexibility index (Phi) is 4.94. The minimum atomic E-state index is 0.255. The summed E-state index contributed by atoms with van der Waals surface area (Å²) in [6, 6.07) is 9.41. The van der Waals surface area contributed by atoms with Gasteiger partial charge in [-0.15, -0.1) is 0 Å². The van der Waals surface area contributed by atoms with E-state index in [1.165, 1.54) is 17.5 Å². The summed E-state index contributed by atoms with van der Waals surface area (Å²) in [5.41, 5.74) is 2.88. The highest BCUT2D eigenvalue weighted by Gasteiger charge is 2.27. The van der Waals surface area contributed by atoms with Gasteiger partial charge < -0.3 is 10.1 Å². The van der Waals surface area contributed by atoms with Gasteiger partial charge in [-0.1, -0.05) is 44.5 Å². The van der Waals surface area contributed by atoms with Crippen molar-refractivity contribution >= 4 is 0 Å². The van der Waals surface area contributed by atoms with Gasteiger partial charge in [-0.25, -0.2) is 0 Å². The molecule has 0 aliphatic carbocycles. The van der Waals surface area contributed by atoms with Crippen molar-refractivity contribution in [3.63, 3.8) is 0 Å². The van der Waals surface area contributed by atoms with Crippen LogP contribution in [-0.4, -0.2) is 43.7 Å². The van der Waals surface area contributed by atoms with Crippen molar-refractivity contribution in [2.45, 2.75) is 38.8 Å². The molecule has 1 aromatic carbocycles. The number of nitrogens with one attached hydrogen (secondary N) is 1. The van der Waals surface area contributed by atoms with Gasteiger partial charge in [0.2, 0.25) is 0 Å². The molecular weight excluding hydrogens is 260 g/mol. The number of benzene rings is 1. The topological polar surface area (TPSA) is 24.5 Å². The molecule has 3 unspecified atom stereocenters. The number of ether oxygens (including phenoxy) is 1. The minimum absolute atomic E-state index is 0.255.